The van der Waals surface area contributed by atoms with Crippen LogP contribution < -0.4 is 10.0 Å². The molecule has 0 bridgehead atoms. The van der Waals surface area contributed by atoms with Crippen molar-refractivity contribution in [2.75, 3.05) is 18.8 Å². The highest BCUT2D eigenvalue weighted by Gasteiger charge is 2.19. The zero-order valence-corrected chi connectivity index (χ0v) is 9.15. The van der Waals surface area contributed by atoms with Gasteiger partial charge in [-0.25, -0.2) is 13.1 Å². The first kappa shape index (κ1) is 11.7. The lowest BCUT2D eigenvalue weighted by molar-refractivity contribution is 0.422. The molecule has 0 aromatic heterocycles. The molecule has 1 heterocycles. The quantitative estimate of drug-likeness (QED) is 0.650. The third-order valence-electron chi connectivity index (χ3n) is 2.28. The fourth-order valence-corrected chi connectivity index (χ4v) is 2.88. The molecule has 0 aliphatic carbocycles. The molecule has 0 radical (unpaired) electrons. The first-order valence-electron chi connectivity index (χ1n) is 4.95. The van der Waals surface area contributed by atoms with E-state index >= 15 is 0 Å². The van der Waals surface area contributed by atoms with Crippen LogP contribution in [0.15, 0.2) is 12.7 Å². The number of rotatable bonds is 5. The molecule has 1 aliphatic rings. The van der Waals surface area contributed by atoms with Gasteiger partial charge in [0.25, 0.3) is 0 Å². The predicted octanol–water partition coefficient (Wildman–Crippen LogP) is 0.234. The second-order valence-corrected chi connectivity index (χ2v) is 5.42. The van der Waals surface area contributed by atoms with Gasteiger partial charge in [-0.3, -0.25) is 0 Å². The molecular formula is C9H18N2O2S. The Balaban J connectivity index is 2.36. The van der Waals surface area contributed by atoms with Gasteiger partial charge in [-0.15, -0.1) is 6.58 Å². The van der Waals surface area contributed by atoms with Crippen molar-refractivity contribution in [3.63, 3.8) is 0 Å². The molecule has 0 amide bonds. The molecule has 0 aromatic rings. The van der Waals surface area contributed by atoms with Crippen molar-refractivity contribution in [1.82, 2.24) is 10.0 Å². The Hall–Kier alpha value is -0.390. The van der Waals surface area contributed by atoms with E-state index in [0.717, 1.165) is 25.8 Å². The maximum atomic E-state index is 11.5. The summed E-state index contributed by atoms with van der Waals surface area (Å²) in [5.74, 6) is 0.181. The molecule has 0 aromatic carbocycles. The summed E-state index contributed by atoms with van der Waals surface area (Å²) in [5, 5.41) is 3.21. The van der Waals surface area contributed by atoms with Crippen molar-refractivity contribution in [1.29, 1.82) is 0 Å². The van der Waals surface area contributed by atoms with Crippen molar-refractivity contribution in [2.45, 2.75) is 25.3 Å². The van der Waals surface area contributed by atoms with Crippen molar-refractivity contribution in [3.05, 3.63) is 12.7 Å². The number of piperidine rings is 1. The molecule has 5 heteroatoms. The highest BCUT2D eigenvalue weighted by Crippen LogP contribution is 2.08. The van der Waals surface area contributed by atoms with E-state index in [9.17, 15) is 8.42 Å². The van der Waals surface area contributed by atoms with Gasteiger partial charge in [0, 0.05) is 12.6 Å². The van der Waals surface area contributed by atoms with E-state index in [0.29, 0.717) is 6.54 Å². The number of sulfonamides is 1. The van der Waals surface area contributed by atoms with Gasteiger partial charge in [0.05, 0.1) is 5.75 Å². The summed E-state index contributed by atoms with van der Waals surface area (Å²) in [6, 6.07) is 0.117. The Bertz CT molecular complexity index is 269. The average Bonchev–Trinajstić information content (AvgIpc) is 2.16. The second-order valence-electron chi connectivity index (χ2n) is 3.57. The maximum Gasteiger partial charge on any atom is 0.213 e. The third kappa shape index (κ3) is 4.21. The van der Waals surface area contributed by atoms with E-state index in [1.807, 2.05) is 0 Å². The van der Waals surface area contributed by atoms with Crippen LogP contribution >= 0.6 is 0 Å². The zero-order valence-electron chi connectivity index (χ0n) is 8.33. The molecule has 2 N–H and O–H groups in total. The molecule has 1 saturated heterocycles. The fourth-order valence-electron chi connectivity index (χ4n) is 1.58. The number of hydrogen-bond acceptors (Lipinski definition) is 3. The summed E-state index contributed by atoms with van der Waals surface area (Å²) < 4.78 is 25.4. The molecule has 4 nitrogen and oxygen atoms in total. The van der Waals surface area contributed by atoms with Crippen LogP contribution in [0.5, 0.6) is 0 Å². The van der Waals surface area contributed by atoms with Crippen molar-refractivity contribution in [3.8, 4) is 0 Å². The van der Waals surface area contributed by atoms with Crippen molar-refractivity contribution < 1.29 is 8.42 Å². The first-order valence-corrected chi connectivity index (χ1v) is 6.61. The van der Waals surface area contributed by atoms with Crippen LogP contribution in [0, 0.1) is 0 Å². The summed E-state index contributed by atoms with van der Waals surface area (Å²) in [6.45, 7) is 4.71. The number of hydrogen-bond donors (Lipinski definition) is 2. The Kier molecular flexibility index (Phi) is 4.57. The van der Waals surface area contributed by atoms with E-state index in [1.54, 1.807) is 6.08 Å². The van der Waals surface area contributed by atoms with Crippen molar-refractivity contribution in [2.24, 2.45) is 0 Å². The van der Waals surface area contributed by atoms with Crippen molar-refractivity contribution >= 4 is 10.0 Å². The highest BCUT2D eigenvalue weighted by atomic mass is 32.2. The summed E-state index contributed by atoms with van der Waals surface area (Å²) in [7, 11) is -3.13. The Morgan fingerprint density at radius 1 is 1.50 bits per heavy atom. The van der Waals surface area contributed by atoms with Gasteiger partial charge >= 0.3 is 0 Å². The first-order chi connectivity index (χ1) is 6.64. The largest absolute Gasteiger partial charge is 0.313 e. The minimum Gasteiger partial charge on any atom is -0.313 e. The van der Waals surface area contributed by atoms with Gasteiger partial charge in [0.2, 0.25) is 10.0 Å². The standard InChI is InChI=1S/C9H18N2O2S/c1-2-6-11-14(12,13)8-9-5-3-4-7-10-9/h2,9-11H,1,3-8H2. The Morgan fingerprint density at radius 2 is 2.29 bits per heavy atom. The molecule has 1 unspecified atom stereocenters. The molecule has 82 valence electrons. The predicted molar refractivity (Wildman–Crippen MR) is 57.6 cm³/mol. The third-order valence-corrected chi connectivity index (χ3v) is 3.73. The molecule has 1 rings (SSSR count). The van der Waals surface area contributed by atoms with Gasteiger partial charge in [-0.2, -0.15) is 0 Å². The van der Waals surface area contributed by atoms with E-state index in [-0.39, 0.29) is 11.8 Å². The lowest BCUT2D eigenvalue weighted by Gasteiger charge is -2.23. The number of nitrogens with one attached hydrogen (secondary N) is 2. The molecule has 0 spiro atoms. The Morgan fingerprint density at radius 3 is 2.86 bits per heavy atom. The van der Waals surface area contributed by atoms with Crippen LogP contribution in [0.25, 0.3) is 0 Å². The van der Waals surface area contributed by atoms with E-state index in [1.165, 1.54) is 0 Å². The van der Waals surface area contributed by atoms with E-state index in [4.69, 9.17) is 0 Å². The van der Waals surface area contributed by atoms with Gasteiger partial charge in [-0.05, 0) is 19.4 Å². The summed E-state index contributed by atoms with van der Waals surface area (Å²) in [5.41, 5.74) is 0. The molecule has 14 heavy (non-hydrogen) atoms. The molecule has 1 fully saturated rings. The minimum absolute atomic E-state index is 0.117. The van der Waals surface area contributed by atoms with Gasteiger partial charge in [0.1, 0.15) is 0 Å². The van der Waals surface area contributed by atoms with Gasteiger partial charge in [0.15, 0.2) is 0 Å². The van der Waals surface area contributed by atoms with E-state index in [2.05, 4.69) is 16.6 Å². The monoisotopic (exact) mass is 218 g/mol. The van der Waals surface area contributed by atoms with Crippen LogP contribution in [0.4, 0.5) is 0 Å². The lowest BCUT2D eigenvalue weighted by Crippen LogP contribution is -2.42. The van der Waals surface area contributed by atoms with Crippen LogP contribution in [-0.2, 0) is 10.0 Å². The fraction of sp³-hybridized carbons (Fsp3) is 0.778. The molecular weight excluding hydrogens is 200 g/mol. The summed E-state index contributed by atoms with van der Waals surface area (Å²) in [4.78, 5) is 0. The average molecular weight is 218 g/mol. The smallest absolute Gasteiger partial charge is 0.213 e. The maximum absolute atomic E-state index is 11.5. The van der Waals surface area contributed by atoms with Gasteiger partial charge in [-0.1, -0.05) is 12.5 Å². The second kappa shape index (κ2) is 5.48. The normalized spacial score (nSPS) is 23.3. The lowest BCUT2D eigenvalue weighted by atomic mass is 10.1. The summed E-state index contributed by atoms with van der Waals surface area (Å²) in [6.07, 6.45) is 4.77. The summed E-state index contributed by atoms with van der Waals surface area (Å²) >= 11 is 0. The van der Waals surface area contributed by atoms with Crippen LogP contribution in [0.3, 0.4) is 0 Å². The van der Waals surface area contributed by atoms with Crippen LogP contribution in [0.1, 0.15) is 19.3 Å². The highest BCUT2D eigenvalue weighted by molar-refractivity contribution is 7.89. The molecule has 1 atom stereocenters. The Labute approximate surface area is 85.8 Å². The van der Waals surface area contributed by atoms with Crippen LogP contribution in [0.2, 0.25) is 0 Å². The minimum atomic E-state index is -3.13. The van der Waals surface area contributed by atoms with Gasteiger partial charge < -0.3 is 5.32 Å². The molecule has 1 aliphatic heterocycles. The molecule has 0 saturated carbocycles. The van der Waals surface area contributed by atoms with E-state index < -0.39 is 10.0 Å². The van der Waals surface area contributed by atoms with Crippen LogP contribution in [-0.4, -0.2) is 33.3 Å². The zero-order chi connectivity index (χ0) is 10.4. The SMILES string of the molecule is C=CCNS(=O)(=O)CC1CCCCN1. The topological polar surface area (TPSA) is 58.2 Å².